The van der Waals surface area contributed by atoms with Crippen molar-refractivity contribution >= 4 is 15.9 Å². The SMILES string of the molecule is FC(F)C(F)(F)COCc1ccc(Br)cn1. The van der Waals surface area contributed by atoms with Gasteiger partial charge < -0.3 is 4.74 Å². The van der Waals surface area contributed by atoms with Gasteiger partial charge in [-0.3, -0.25) is 4.98 Å². The first-order chi connectivity index (χ1) is 7.42. The lowest BCUT2D eigenvalue weighted by molar-refractivity contribution is -0.168. The monoisotopic (exact) mass is 301 g/mol. The molecule has 0 saturated heterocycles. The van der Waals surface area contributed by atoms with E-state index in [0.29, 0.717) is 5.69 Å². The maximum Gasteiger partial charge on any atom is 0.330 e. The number of pyridine rings is 1. The fourth-order valence-corrected chi connectivity index (χ4v) is 1.08. The zero-order valence-corrected chi connectivity index (χ0v) is 9.55. The molecule has 0 spiro atoms. The Morgan fingerprint density at radius 2 is 2.06 bits per heavy atom. The van der Waals surface area contributed by atoms with Crippen LogP contribution in [-0.4, -0.2) is 23.9 Å². The number of nitrogens with zero attached hydrogens (tertiary/aromatic N) is 1. The summed E-state index contributed by atoms with van der Waals surface area (Å²) < 4.78 is 53.5. The molecule has 0 aliphatic heterocycles. The lowest BCUT2D eigenvalue weighted by Crippen LogP contribution is -2.32. The molecule has 1 heterocycles. The molecule has 16 heavy (non-hydrogen) atoms. The Balaban J connectivity index is 2.39. The smallest absolute Gasteiger partial charge is 0.330 e. The van der Waals surface area contributed by atoms with Gasteiger partial charge in [0, 0.05) is 10.7 Å². The van der Waals surface area contributed by atoms with Gasteiger partial charge in [-0.1, -0.05) is 0 Å². The van der Waals surface area contributed by atoms with Crippen LogP contribution in [-0.2, 0) is 11.3 Å². The lowest BCUT2D eigenvalue weighted by atomic mass is 10.3. The molecule has 0 aliphatic carbocycles. The standard InChI is InChI=1S/C9H8BrF4NO/c10-6-1-2-7(15-3-6)4-16-5-9(13,14)8(11)12/h1-3,8H,4-5H2. The maximum atomic E-state index is 12.4. The Morgan fingerprint density at radius 3 is 2.56 bits per heavy atom. The van der Waals surface area contributed by atoms with Gasteiger partial charge in [-0.15, -0.1) is 0 Å². The Morgan fingerprint density at radius 1 is 1.38 bits per heavy atom. The molecular weight excluding hydrogens is 294 g/mol. The third kappa shape index (κ3) is 4.05. The van der Waals surface area contributed by atoms with Crippen molar-refractivity contribution in [3.8, 4) is 0 Å². The predicted molar refractivity (Wildman–Crippen MR) is 52.5 cm³/mol. The zero-order chi connectivity index (χ0) is 12.2. The number of halogens is 5. The molecule has 0 bridgehead atoms. The Labute approximate surface area is 97.8 Å². The molecule has 0 atom stereocenters. The zero-order valence-electron chi connectivity index (χ0n) is 7.97. The Bertz CT molecular complexity index is 331. The van der Waals surface area contributed by atoms with Crippen molar-refractivity contribution in [3.05, 3.63) is 28.5 Å². The van der Waals surface area contributed by atoms with Gasteiger partial charge in [-0.05, 0) is 28.1 Å². The van der Waals surface area contributed by atoms with Gasteiger partial charge in [0.1, 0.15) is 6.61 Å². The summed E-state index contributed by atoms with van der Waals surface area (Å²) in [5, 5.41) is 0. The van der Waals surface area contributed by atoms with Crippen LogP contribution in [0.5, 0.6) is 0 Å². The van der Waals surface area contributed by atoms with E-state index in [2.05, 4.69) is 25.7 Å². The fourth-order valence-electron chi connectivity index (χ4n) is 0.846. The second kappa shape index (κ2) is 5.58. The normalized spacial score (nSPS) is 12.1. The molecule has 0 unspecified atom stereocenters. The van der Waals surface area contributed by atoms with Crippen molar-refractivity contribution < 1.29 is 22.3 Å². The van der Waals surface area contributed by atoms with Gasteiger partial charge in [0.25, 0.3) is 0 Å². The van der Waals surface area contributed by atoms with Crippen molar-refractivity contribution in [2.75, 3.05) is 6.61 Å². The summed E-state index contributed by atoms with van der Waals surface area (Å²) in [6.07, 6.45) is -2.25. The molecule has 0 amide bonds. The van der Waals surface area contributed by atoms with Gasteiger partial charge in [0.2, 0.25) is 0 Å². The second-order valence-electron chi connectivity index (χ2n) is 3.02. The molecule has 7 heteroatoms. The van der Waals surface area contributed by atoms with Crippen molar-refractivity contribution in [1.29, 1.82) is 0 Å². The average Bonchev–Trinajstić information content (AvgIpc) is 2.20. The summed E-state index contributed by atoms with van der Waals surface area (Å²) in [6, 6.07) is 3.20. The van der Waals surface area contributed by atoms with E-state index < -0.39 is 19.0 Å². The summed E-state index contributed by atoms with van der Waals surface area (Å²) >= 11 is 3.14. The Kier molecular flexibility index (Phi) is 4.67. The van der Waals surface area contributed by atoms with Crippen molar-refractivity contribution in [1.82, 2.24) is 4.98 Å². The second-order valence-corrected chi connectivity index (χ2v) is 3.94. The van der Waals surface area contributed by atoms with Crippen LogP contribution < -0.4 is 0 Å². The highest BCUT2D eigenvalue weighted by atomic mass is 79.9. The fraction of sp³-hybridized carbons (Fsp3) is 0.444. The molecule has 0 N–H and O–H groups in total. The lowest BCUT2D eigenvalue weighted by Gasteiger charge is -2.14. The molecule has 0 saturated carbocycles. The summed E-state index contributed by atoms with van der Waals surface area (Å²) in [6.45, 7) is -1.54. The van der Waals surface area contributed by atoms with Gasteiger partial charge in [0.05, 0.1) is 12.3 Å². The minimum Gasteiger partial charge on any atom is -0.369 e. The molecule has 0 radical (unpaired) electrons. The number of hydrogen-bond donors (Lipinski definition) is 0. The Hall–Kier alpha value is -0.690. The van der Waals surface area contributed by atoms with Crippen molar-refractivity contribution in [2.24, 2.45) is 0 Å². The van der Waals surface area contributed by atoms with Crippen LogP contribution in [0, 0.1) is 0 Å². The topological polar surface area (TPSA) is 22.1 Å². The molecule has 0 aromatic carbocycles. The number of aromatic nitrogens is 1. The van der Waals surface area contributed by atoms with Gasteiger partial charge in [0.15, 0.2) is 0 Å². The molecule has 0 fully saturated rings. The number of alkyl halides is 4. The van der Waals surface area contributed by atoms with E-state index in [1.807, 2.05) is 0 Å². The largest absolute Gasteiger partial charge is 0.369 e. The summed E-state index contributed by atoms with van der Waals surface area (Å²) in [4.78, 5) is 3.84. The minimum atomic E-state index is -4.12. The molecular formula is C9H8BrF4NO. The van der Waals surface area contributed by atoms with E-state index in [1.54, 1.807) is 12.1 Å². The van der Waals surface area contributed by atoms with Gasteiger partial charge in [-0.2, -0.15) is 8.78 Å². The number of hydrogen-bond acceptors (Lipinski definition) is 2. The first-order valence-corrected chi connectivity index (χ1v) is 5.05. The van der Waals surface area contributed by atoms with Crippen LogP contribution in [0.25, 0.3) is 0 Å². The highest BCUT2D eigenvalue weighted by Gasteiger charge is 2.40. The highest BCUT2D eigenvalue weighted by molar-refractivity contribution is 9.10. The average molecular weight is 302 g/mol. The first-order valence-electron chi connectivity index (χ1n) is 4.26. The summed E-state index contributed by atoms with van der Waals surface area (Å²) in [5.74, 6) is -4.12. The van der Waals surface area contributed by atoms with Crippen LogP contribution in [0.2, 0.25) is 0 Å². The summed E-state index contributed by atoms with van der Waals surface area (Å²) in [5.41, 5.74) is 0.397. The molecule has 90 valence electrons. The van der Waals surface area contributed by atoms with Gasteiger partial charge in [-0.25, -0.2) is 8.78 Å². The van der Waals surface area contributed by atoms with Crippen LogP contribution in [0.3, 0.4) is 0 Å². The van der Waals surface area contributed by atoms with E-state index in [9.17, 15) is 17.6 Å². The maximum absolute atomic E-state index is 12.4. The highest BCUT2D eigenvalue weighted by Crippen LogP contribution is 2.23. The van der Waals surface area contributed by atoms with E-state index in [0.717, 1.165) is 4.47 Å². The number of rotatable bonds is 5. The van der Waals surface area contributed by atoms with Crippen LogP contribution >= 0.6 is 15.9 Å². The third-order valence-corrected chi connectivity index (χ3v) is 2.12. The quantitative estimate of drug-likeness (QED) is 0.779. The predicted octanol–water partition coefficient (Wildman–Crippen LogP) is 3.26. The summed E-state index contributed by atoms with van der Waals surface area (Å²) in [7, 11) is 0. The van der Waals surface area contributed by atoms with E-state index in [4.69, 9.17) is 0 Å². The van der Waals surface area contributed by atoms with E-state index in [1.165, 1.54) is 6.20 Å². The molecule has 0 aliphatic rings. The van der Waals surface area contributed by atoms with Crippen LogP contribution in [0.4, 0.5) is 17.6 Å². The van der Waals surface area contributed by atoms with E-state index >= 15 is 0 Å². The minimum absolute atomic E-state index is 0.227. The van der Waals surface area contributed by atoms with Crippen molar-refractivity contribution in [3.63, 3.8) is 0 Å². The van der Waals surface area contributed by atoms with Crippen molar-refractivity contribution in [2.45, 2.75) is 19.0 Å². The molecule has 1 rings (SSSR count). The molecule has 1 aromatic heterocycles. The first kappa shape index (κ1) is 13.4. The molecule has 2 nitrogen and oxygen atoms in total. The van der Waals surface area contributed by atoms with Crippen LogP contribution in [0.15, 0.2) is 22.8 Å². The number of ether oxygens (including phenoxy) is 1. The van der Waals surface area contributed by atoms with Gasteiger partial charge >= 0.3 is 12.3 Å². The molecule has 1 aromatic rings. The van der Waals surface area contributed by atoms with E-state index in [-0.39, 0.29) is 6.61 Å². The third-order valence-electron chi connectivity index (χ3n) is 1.65. The van der Waals surface area contributed by atoms with Crippen LogP contribution in [0.1, 0.15) is 5.69 Å².